The molecule has 2 saturated heterocycles. The molecule has 7 rings (SSSR count). The molecule has 0 aromatic carbocycles. The summed E-state index contributed by atoms with van der Waals surface area (Å²) in [6.45, 7) is 3.51. The van der Waals surface area contributed by atoms with Gasteiger partial charge in [-0.1, -0.05) is 39.0 Å². The van der Waals surface area contributed by atoms with Crippen LogP contribution in [-0.2, 0) is 4.74 Å². The van der Waals surface area contributed by atoms with Gasteiger partial charge in [0.05, 0.1) is 6.10 Å². The standard InChI is InChI=1S/C19H29NO/c1-2-3-4-5-6-7-8-20-19-16-11-9-10-12-13(11)17(19)15(12)18(21-19)14(10)16/h10-18,20H,2-9H2,1H3/t10-,11+,12-,13+,14-,15-,16-,17-,18-,19+/m1/s1. The van der Waals surface area contributed by atoms with Crippen molar-refractivity contribution in [1.29, 1.82) is 0 Å². The smallest absolute Gasteiger partial charge is 0.126 e. The number of ether oxygens (including phenoxy) is 1. The van der Waals surface area contributed by atoms with Crippen molar-refractivity contribution >= 4 is 0 Å². The summed E-state index contributed by atoms with van der Waals surface area (Å²) in [6.07, 6.45) is 10.7. The van der Waals surface area contributed by atoms with Gasteiger partial charge in [-0.05, 0) is 54.9 Å². The number of hydrogen-bond acceptors (Lipinski definition) is 2. The van der Waals surface area contributed by atoms with Crippen LogP contribution in [0.15, 0.2) is 0 Å². The van der Waals surface area contributed by atoms with Crippen molar-refractivity contribution < 1.29 is 4.74 Å². The minimum atomic E-state index is 0.181. The van der Waals surface area contributed by atoms with Gasteiger partial charge >= 0.3 is 0 Å². The fourth-order valence-electron chi connectivity index (χ4n) is 8.48. The average Bonchev–Trinajstić information content (AvgIpc) is 3.10. The second-order valence-corrected chi connectivity index (χ2v) is 8.99. The van der Waals surface area contributed by atoms with Crippen LogP contribution in [0.1, 0.15) is 51.9 Å². The summed E-state index contributed by atoms with van der Waals surface area (Å²) >= 11 is 0. The fraction of sp³-hybridized carbons (Fsp3) is 1.00. The molecule has 0 radical (unpaired) electrons. The molecular weight excluding hydrogens is 258 g/mol. The first-order valence-corrected chi connectivity index (χ1v) is 9.81. The zero-order valence-electron chi connectivity index (χ0n) is 13.3. The molecular formula is C19H29NO. The minimum absolute atomic E-state index is 0.181. The predicted octanol–water partition coefficient (Wildman–Crippen LogP) is 3.42. The Hall–Kier alpha value is -0.0800. The predicted molar refractivity (Wildman–Crippen MR) is 81.5 cm³/mol. The normalized spacial score (nSPS) is 62.4. The molecule has 0 spiro atoms. The van der Waals surface area contributed by atoms with E-state index in [9.17, 15) is 0 Å². The van der Waals surface area contributed by atoms with Crippen molar-refractivity contribution in [3.63, 3.8) is 0 Å². The van der Waals surface area contributed by atoms with Crippen LogP contribution in [-0.4, -0.2) is 18.4 Å². The molecule has 116 valence electrons. The number of unbranched alkanes of at least 4 members (excludes halogenated alkanes) is 5. The molecule has 0 aromatic heterocycles. The Bertz CT molecular complexity index is 468. The van der Waals surface area contributed by atoms with Crippen LogP contribution in [0.5, 0.6) is 0 Å². The third-order valence-corrected chi connectivity index (χ3v) is 8.63. The molecule has 7 aliphatic rings. The van der Waals surface area contributed by atoms with Crippen LogP contribution in [0, 0.1) is 47.3 Å². The van der Waals surface area contributed by atoms with Crippen molar-refractivity contribution in [3.05, 3.63) is 0 Å². The summed E-state index contributed by atoms with van der Waals surface area (Å²) in [5, 5.41) is 3.99. The lowest BCUT2D eigenvalue weighted by Gasteiger charge is -2.46. The molecule has 21 heavy (non-hydrogen) atoms. The molecule has 1 N–H and O–H groups in total. The zero-order chi connectivity index (χ0) is 13.8. The highest BCUT2D eigenvalue weighted by Crippen LogP contribution is 2.89. The third kappa shape index (κ3) is 1.14. The van der Waals surface area contributed by atoms with E-state index in [1.807, 2.05) is 0 Å². The first-order chi connectivity index (χ1) is 10.4. The maximum absolute atomic E-state index is 6.69. The molecule has 4 bridgehead atoms. The summed E-state index contributed by atoms with van der Waals surface area (Å²) in [7, 11) is 0. The summed E-state index contributed by atoms with van der Waals surface area (Å²) in [5.74, 6) is 8.20. The summed E-state index contributed by atoms with van der Waals surface area (Å²) < 4.78 is 6.69. The van der Waals surface area contributed by atoms with Crippen molar-refractivity contribution in [2.75, 3.05) is 6.54 Å². The number of nitrogens with one attached hydrogen (secondary N) is 1. The van der Waals surface area contributed by atoms with Crippen LogP contribution in [0.3, 0.4) is 0 Å². The summed E-state index contributed by atoms with van der Waals surface area (Å²) in [5.41, 5.74) is 0.181. The molecule has 0 amide bonds. The molecule has 5 saturated carbocycles. The van der Waals surface area contributed by atoms with E-state index in [1.165, 1.54) is 45.1 Å². The first-order valence-electron chi connectivity index (χ1n) is 9.81. The third-order valence-electron chi connectivity index (χ3n) is 8.63. The minimum Gasteiger partial charge on any atom is -0.356 e. The van der Waals surface area contributed by atoms with E-state index in [4.69, 9.17) is 4.74 Å². The summed E-state index contributed by atoms with van der Waals surface area (Å²) in [4.78, 5) is 0. The van der Waals surface area contributed by atoms with Gasteiger partial charge in [-0.3, -0.25) is 5.32 Å². The Kier molecular flexibility index (Phi) is 2.28. The molecule has 10 atom stereocenters. The highest BCUT2D eigenvalue weighted by molar-refractivity contribution is 5.38. The van der Waals surface area contributed by atoms with Gasteiger partial charge < -0.3 is 4.74 Å². The summed E-state index contributed by atoms with van der Waals surface area (Å²) in [6, 6.07) is 0. The van der Waals surface area contributed by atoms with Crippen molar-refractivity contribution in [2.24, 2.45) is 47.3 Å². The van der Waals surface area contributed by atoms with E-state index in [0.717, 1.165) is 47.3 Å². The van der Waals surface area contributed by atoms with Crippen LogP contribution >= 0.6 is 0 Å². The van der Waals surface area contributed by atoms with Crippen LogP contribution in [0.25, 0.3) is 0 Å². The second kappa shape index (κ2) is 3.87. The monoisotopic (exact) mass is 287 g/mol. The lowest BCUT2D eigenvalue weighted by molar-refractivity contribution is -0.0575. The van der Waals surface area contributed by atoms with E-state index in [-0.39, 0.29) is 5.72 Å². The Balaban J connectivity index is 1.11. The SMILES string of the molecule is CCCCCCCCN[C@@]12O[C@H]3[C@@H]4[C@@H]5[C@H]6C[C@@H]([C@@H]5[C@H]41)[C@@H]2[C@@H]63. The lowest BCUT2D eigenvalue weighted by Crippen LogP contribution is -2.56. The molecule has 2 aliphatic heterocycles. The van der Waals surface area contributed by atoms with E-state index in [1.54, 1.807) is 6.42 Å². The number of rotatable bonds is 8. The highest BCUT2D eigenvalue weighted by Gasteiger charge is 2.92. The first kappa shape index (κ1) is 12.4. The molecule has 2 heterocycles. The zero-order valence-corrected chi connectivity index (χ0v) is 13.3. The second-order valence-electron chi connectivity index (χ2n) is 8.99. The Morgan fingerprint density at radius 1 is 0.905 bits per heavy atom. The topological polar surface area (TPSA) is 21.3 Å². The molecule has 2 nitrogen and oxygen atoms in total. The van der Waals surface area contributed by atoms with Gasteiger partial charge in [0.15, 0.2) is 0 Å². The molecule has 2 heteroatoms. The molecule has 0 aromatic rings. The fourth-order valence-corrected chi connectivity index (χ4v) is 8.48. The number of hydrogen-bond donors (Lipinski definition) is 1. The molecule has 5 aliphatic carbocycles. The van der Waals surface area contributed by atoms with Crippen LogP contribution < -0.4 is 5.32 Å². The van der Waals surface area contributed by atoms with E-state index in [2.05, 4.69) is 12.2 Å². The van der Waals surface area contributed by atoms with E-state index >= 15 is 0 Å². The van der Waals surface area contributed by atoms with Gasteiger partial charge in [-0.25, -0.2) is 0 Å². The van der Waals surface area contributed by atoms with Gasteiger partial charge in [-0.2, -0.15) is 0 Å². The van der Waals surface area contributed by atoms with Crippen LogP contribution in [0.2, 0.25) is 0 Å². The maximum Gasteiger partial charge on any atom is 0.126 e. The average molecular weight is 287 g/mol. The molecule has 0 unspecified atom stereocenters. The lowest BCUT2D eigenvalue weighted by atomic mass is 9.59. The van der Waals surface area contributed by atoms with Gasteiger partial charge in [0.25, 0.3) is 0 Å². The van der Waals surface area contributed by atoms with E-state index in [0.29, 0.717) is 6.10 Å². The highest BCUT2D eigenvalue weighted by atomic mass is 16.5. The van der Waals surface area contributed by atoms with Gasteiger partial charge in [0, 0.05) is 11.8 Å². The van der Waals surface area contributed by atoms with Crippen molar-refractivity contribution in [1.82, 2.24) is 5.32 Å². The molecule has 7 fully saturated rings. The van der Waals surface area contributed by atoms with Crippen molar-refractivity contribution in [3.8, 4) is 0 Å². The van der Waals surface area contributed by atoms with Crippen molar-refractivity contribution in [2.45, 2.75) is 63.7 Å². The van der Waals surface area contributed by atoms with Gasteiger partial charge in [-0.15, -0.1) is 0 Å². The van der Waals surface area contributed by atoms with Gasteiger partial charge in [0.1, 0.15) is 5.72 Å². The Morgan fingerprint density at radius 3 is 2.67 bits per heavy atom. The Labute approximate surface area is 128 Å². The van der Waals surface area contributed by atoms with Gasteiger partial charge in [0.2, 0.25) is 0 Å². The quantitative estimate of drug-likeness (QED) is 0.691. The maximum atomic E-state index is 6.69. The Morgan fingerprint density at radius 2 is 1.76 bits per heavy atom. The largest absolute Gasteiger partial charge is 0.356 e. The van der Waals surface area contributed by atoms with Crippen LogP contribution in [0.4, 0.5) is 0 Å². The van der Waals surface area contributed by atoms with E-state index < -0.39 is 0 Å².